The molecule has 2 aromatic rings. The zero-order chi connectivity index (χ0) is 29.3. The van der Waals surface area contributed by atoms with Gasteiger partial charge in [-0.2, -0.15) is 26.3 Å². The summed E-state index contributed by atoms with van der Waals surface area (Å²) in [6, 6.07) is 4.37. The highest BCUT2D eigenvalue weighted by atomic mass is 19.4. The molecule has 2 N–H and O–H groups in total. The standard InChI is InChI=1S/C27H30F6N2O4/c1-15(24(36)16-9-18(26(28,29)30)11-19(10-16)27(31,32)33)34-14-17-13-25(2,3)8-7-21(17)22-12-20(35(37)38)5-6-23(22)39-4/h5-6,9-12,15,24,34,36H,7-8,13-14H2,1-4H3/t15-,24-/m0/s1. The molecule has 0 bridgehead atoms. The first-order valence-electron chi connectivity index (χ1n) is 12.2. The molecule has 1 aliphatic rings. The minimum absolute atomic E-state index is 0.0158. The zero-order valence-corrected chi connectivity index (χ0v) is 21.8. The number of aliphatic hydroxyl groups excluding tert-OH is 1. The summed E-state index contributed by atoms with van der Waals surface area (Å²) < 4.78 is 85.1. The molecule has 0 heterocycles. The van der Waals surface area contributed by atoms with Crippen molar-refractivity contribution in [2.75, 3.05) is 13.7 Å². The molecule has 12 heteroatoms. The van der Waals surface area contributed by atoms with Crippen molar-refractivity contribution in [1.29, 1.82) is 0 Å². The van der Waals surface area contributed by atoms with Crippen molar-refractivity contribution in [3.63, 3.8) is 0 Å². The Balaban J connectivity index is 1.95. The second-order valence-corrected chi connectivity index (χ2v) is 10.5. The molecule has 3 rings (SSSR count). The summed E-state index contributed by atoms with van der Waals surface area (Å²) >= 11 is 0. The fourth-order valence-electron chi connectivity index (χ4n) is 4.79. The molecule has 0 unspecified atom stereocenters. The molecule has 0 spiro atoms. The van der Waals surface area contributed by atoms with Crippen LogP contribution in [0.4, 0.5) is 32.0 Å². The highest BCUT2D eigenvalue weighted by Gasteiger charge is 2.38. The number of nitro groups is 1. The molecule has 6 nitrogen and oxygen atoms in total. The number of nitrogens with zero attached hydrogens (tertiary/aromatic N) is 1. The number of rotatable bonds is 8. The van der Waals surface area contributed by atoms with Crippen molar-refractivity contribution < 1.29 is 41.1 Å². The largest absolute Gasteiger partial charge is 0.496 e. The maximum Gasteiger partial charge on any atom is 0.416 e. The van der Waals surface area contributed by atoms with Gasteiger partial charge < -0.3 is 15.2 Å². The second kappa shape index (κ2) is 11.2. The summed E-state index contributed by atoms with van der Waals surface area (Å²) in [5.74, 6) is 0.435. The van der Waals surface area contributed by atoms with Crippen LogP contribution in [0.2, 0.25) is 0 Å². The molecule has 1 aliphatic carbocycles. The lowest BCUT2D eigenvalue weighted by molar-refractivity contribution is -0.384. The van der Waals surface area contributed by atoms with E-state index in [1.807, 2.05) is 13.8 Å². The number of allylic oxidation sites excluding steroid dienone is 1. The van der Waals surface area contributed by atoms with Gasteiger partial charge in [0, 0.05) is 30.3 Å². The molecule has 2 atom stereocenters. The Hall–Kier alpha value is -3.12. The van der Waals surface area contributed by atoms with Gasteiger partial charge in [0.05, 0.1) is 29.3 Å². The molecule has 0 radical (unpaired) electrons. The van der Waals surface area contributed by atoms with Gasteiger partial charge in [-0.05, 0) is 67.0 Å². The third kappa shape index (κ3) is 7.30. The van der Waals surface area contributed by atoms with Crippen LogP contribution in [0.5, 0.6) is 5.75 Å². The number of non-ortho nitro benzene ring substituents is 1. The highest BCUT2D eigenvalue weighted by molar-refractivity contribution is 5.76. The number of halogens is 6. The zero-order valence-electron chi connectivity index (χ0n) is 21.8. The van der Waals surface area contributed by atoms with E-state index in [0.717, 1.165) is 17.6 Å². The summed E-state index contributed by atoms with van der Waals surface area (Å²) in [6.45, 7) is 5.70. The summed E-state index contributed by atoms with van der Waals surface area (Å²) in [4.78, 5) is 10.9. The van der Waals surface area contributed by atoms with E-state index in [9.17, 15) is 41.6 Å². The lowest BCUT2D eigenvalue weighted by atomic mass is 9.72. The van der Waals surface area contributed by atoms with Crippen molar-refractivity contribution >= 4 is 11.3 Å². The molecule has 39 heavy (non-hydrogen) atoms. The lowest BCUT2D eigenvalue weighted by Gasteiger charge is -2.35. The Morgan fingerprint density at radius 3 is 2.18 bits per heavy atom. The van der Waals surface area contributed by atoms with E-state index < -0.39 is 46.1 Å². The number of methoxy groups -OCH3 is 1. The van der Waals surface area contributed by atoms with Crippen LogP contribution >= 0.6 is 0 Å². The second-order valence-electron chi connectivity index (χ2n) is 10.5. The smallest absolute Gasteiger partial charge is 0.416 e. The van der Waals surface area contributed by atoms with Gasteiger partial charge in [-0.15, -0.1) is 0 Å². The van der Waals surface area contributed by atoms with Gasteiger partial charge in [0.1, 0.15) is 5.75 Å². The average molecular weight is 561 g/mol. The molecule has 2 aromatic carbocycles. The molecule has 0 amide bonds. The first-order valence-corrected chi connectivity index (χ1v) is 12.2. The van der Waals surface area contributed by atoms with Gasteiger partial charge in [0.15, 0.2) is 0 Å². The maximum absolute atomic E-state index is 13.3. The van der Waals surface area contributed by atoms with Crippen LogP contribution in [0.25, 0.3) is 5.57 Å². The van der Waals surface area contributed by atoms with Crippen LogP contribution in [0, 0.1) is 15.5 Å². The molecule has 214 valence electrons. The number of benzene rings is 2. The molecular weight excluding hydrogens is 530 g/mol. The maximum atomic E-state index is 13.3. The number of ether oxygens (including phenoxy) is 1. The monoisotopic (exact) mass is 560 g/mol. The van der Waals surface area contributed by atoms with Gasteiger partial charge >= 0.3 is 12.4 Å². The summed E-state index contributed by atoms with van der Waals surface area (Å²) in [6.07, 6.45) is -9.82. The van der Waals surface area contributed by atoms with Crippen LogP contribution in [0.3, 0.4) is 0 Å². The Morgan fingerprint density at radius 2 is 1.67 bits per heavy atom. The fourth-order valence-corrected chi connectivity index (χ4v) is 4.79. The summed E-state index contributed by atoms with van der Waals surface area (Å²) in [5.41, 5.74) is -1.57. The third-order valence-corrected chi connectivity index (χ3v) is 6.95. The Bertz CT molecular complexity index is 1220. The minimum Gasteiger partial charge on any atom is -0.496 e. The minimum atomic E-state index is -5.03. The first-order chi connectivity index (χ1) is 17.9. The number of nitro benzene ring substituents is 1. The normalized spacial score (nSPS) is 17.6. The number of hydrogen-bond donors (Lipinski definition) is 2. The van der Waals surface area contributed by atoms with Crippen molar-refractivity contribution in [3.05, 3.63) is 74.3 Å². The number of nitrogens with one attached hydrogen (secondary N) is 1. The van der Waals surface area contributed by atoms with E-state index in [1.165, 1.54) is 32.2 Å². The van der Waals surface area contributed by atoms with Crippen molar-refractivity contribution in [1.82, 2.24) is 5.32 Å². The van der Waals surface area contributed by atoms with Crippen LogP contribution in [0.15, 0.2) is 42.0 Å². The predicted molar refractivity (Wildman–Crippen MR) is 133 cm³/mol. The molecule has 0 aromatic heterocycles. The first kappa shape index (κ1) is 30.4. The SMILES string of the molecule is COc1ccc([N+](=O)[O-])cc1C1=C(CN[C@@H](C)[C@H](O)c2cc(C(F)(F)F)cc(C(F)(F)F)c2)CC(C)(C)CC1. The van der Waals surface area contributed by atoms with Gasteiger partial charge in [0.25, 0.3) is 5.69 Å². The van der Waals surface area contributed by atoms with E-state index in [1.54, 1.807) is 0 Å². The predicted octanol–water partition coefficient (Wildman–Crippen LogP) is 7.32. The van der Waals surface area contributed by atoms with Crippen LogP contribution < -0.4 is 10.1 Å². The fraction of sp³-hybridized carbons (Fsp3) is 0.481. The summed E-state index contributed by atoms with van der Waals surface area (Å²) in [7, 11) is 1.44. The molecule has 0 saturated heterocycles. The van der Waals surface area contributed by atoms with Gasteiger partial charge in [0.2, 0.25) is 0 Å². The van der Waals surface area contributed by atoms with Gasteiger partial charge in [-0.3, -0.25) is 10.1 Å². The van der Waals surface area contributed by atoms with Crippen molar-refractivity contribution in [3.8, 4) is 5.75 Å². The topological polar surface area (TPSA) is 84.6 Å². The van der Waals surface area contributed by atoms with Crippen molar-refractivity contribution in [2.45, 2.75) is 64.5 Å². The Labute approximate surface area is 221 Å². The quantitative estimate of drug-likeness (QED) is 0.201. The lowest BCUT2D eigenvalue weighted by Crippen LogP contribution is -2.35. The van der Waals surface area contributed by atoms with Crippen LogP contribution in [0.1, 0.15) is 68.4 Å². The molecule has 0 aliphatic heterocycles. The van der Waals surface area contributed by atoms with E-state index in [2.05, 4.69) is 5.32 Å². The summed E-state index contributed by atoms with van der Waals surface area (Å²) in [5, 5.41) is 25.2. The van der Waals surface area contributed by atoms with E-state index >= 15 is 0 Å². The van der Waals surface area contributed by atoms with Gasteiger partial charge in [-0.25, -0.2) is 0 Å². The Morgan fingerprint density at radius 1 is 1.08 bits per heavy atom. The number of hydrogen-bond acceptors (Lipinski definition) is 5. The highest BCUT2D eigenvalue weighted by Crippen LogP contribution is 2.45. The molecule has 0 fully saturated rings. The van der Waals surface area contributed by atoms with E-state index in [0.29, 0.717) is 36.3 Å². The number of alkyl halides is 6. The molecular formula is C27H30F6N2O4. The van der Waals surface area contributed by atoms with E-state index in [-0.39, 0.29) is 23.7 Å². The third-order valence-electron chi connectivity index (χ3n) is 6.95. The van der Waals surface area contributed by atoms with Crippen LogP contribution in [-0.2, 0) is 12.4 Å². The average Bonchev–Trinajstić information content (AvgIpc) is 2.84. The van der Waals surface area contributed by atoms with Gasteiger partial charge in [-0.1, -0.05) is 19.4 Å². The van der Waals surface area contributed by atoms with Crippen LogP contribution in [-0.4, -0.2) is 29.7 Å². The number of aliphatic hydroxyl groups is 1. The molecule has 0 saturated carbocycles. The Kier molecular flexibility index (Phi) is 8.71. The van der Waals surface area contributed by atoms with E-state index in [4.69, 9.17) is 4.74 Å². The van der Waals surface area contributed by atoms with Crippen molar-refractivity contribution in [2.24, 2.45) is 5.41 Å².